The number of ether oxygens (including phenoxy) is 1. The standard InChI is InChI=1S/C22H25NO4/c1-27-16-22(21(25)26)12-7-13-23(15-22)20(24)19-11-6-5-10-18(19)14-17-8-3-2-4-9-17/h2-6,8-11H,7,12-16H2,1H3,(H,25,26). The second kappa shape index (κ2) is 8.35. The summed E-state index contributed by atoms with van der Waals surface area (Å²) < 4.78 is 5.16. The van der Waals surface area contributed by atoms with Gasteiger partial charge in [-0.15, -0.1) is 0 Å². The van der Waals surface area contributed by atoms with Gasteiger partial charge in [-0.2, -0.15) is 0 Å². The number of carbonyl (C=O) groups is 2. The number of carbonyl (C=O) groups excluding carboxylic acids is 1. The van der Waals surface area contributed by atoms with Crippen molar-refractivity contribution >= 4 is 11.9 Å². The molecule has 2 aromatic rings. The molecule has 1 saturated heterocycles. The van der Waals surface area contributed by atoms with Crippen LogP contribution in [0.5, 0.6) is 0 Å². The Morgan fingerprint density at radius 2 is 1.81 bits per heavy atom. The van der Waals surface area contributed by atoms with Gasteiger partial charge in [0.15, 0.2) is 0 Å². The number of aliphatic carboxylic acids is 1. The van der Waals surface area contributed by atoms with Crippen LogP contribution in [0.2, 0.25) is 0 Å². The molecule has 2 aromatic carbocycles. The van der Waals surface area contributed by atoms with Gasteiger partial charge in [0.1, 0.15) is 5.41 Å². The maximum Gasteiger partial charge on any atom is 0.313 e. The predicted octanol–water partition coefficient (Wildman–Crippen LogP) is 3.23. The van der Waals surface area contributed by atoms with Crippen LogP contribution in [0.15, 0.2) is 54.6 Å². The Hall–Kier alpha value is -2.66. The smallest absolute Gasteiger partial charge is 0.313 e. The van der Waals surface area contributed by atoms with E-state index in [4.69, 9.17) is 4.74 Å². The zero-order valence-corrected chi connectivity index (χ0v) is 15.6. The fraction of sp³-hybridized carbons (Fsp3) is 0.364. The number of hydrogen-bond acceptors (Lipinski definition) is 3. The fourth-order valence-electron chi connectivity index (χ4n) is 3.80. The lowest BCUT2D eigenvalue weighted by Crippen LogP contribution is -2.52. The first-order chi connectivity index (χ1) is 13.1. The summed E-state index contributed by atoms with van der Waals surface area (Å²) in [6.07, 6.45) is 1.84. The average molecular weight is 367 g/mol. The van der Waals surface area contributed by atoms with Crippen LogP contribution >= 0.6 is 0 Å². The van der Waals surface area contributed by atoms with Crippen molar-refractivity contribution in [2.75, 3.05) is 26.8 Å². The van der Waals surface area contributed by atoms with Crippen LogP contribution in [0.25, 0.3) is 0 Å². The average Bonchev–Trinajstić information content (AvgIpc) is 2.69. The topological polar surface area (TPSA) is 66.8 Å². The number of methoxy groups -OCH3 is 1. The summed E-state index contributed by atoms with van der Waals surface area (Å²) in [5.74, 6) is -1.01. The van der Waals surface area contributed by atoms with E-state index in [-0.39, 0.29) is 19.1 Å². The molecule has 0 bridgehead atoms. The first-order valence-corrected chi connectivity index (χ1v) is 9.19. The van der Waals surface area contributed by atoms with E-state index in [1.807, 2.05) is 54.6 Å². The SMILES string of the molecule is COCC1(C(=O)O)CCCN(C(=O)c2ccccc2Cc2ccccc2)C1. The Kier molecular flexibility index (Phi) is 5.91. The molecule has 0 aliphatic carbocycles. The van der Waals surface area contributed by atoms with E-state index in [1.54, 1.807) is 4.90 Å². The molecule has 1 unspecified atom stereocenters. The Morgan fingerprint density at radius 1 is 1.11 bits per heavy atom. The molecule has 1 aliphatic heterocycles. The first-order valence-electron chi connectivity index (χ1n) is 9.19. The lowest BCUT2D eigenvalue weighted by atomic mass is 9.80. The van der Waals surface area contributed by atoms with Crippen molar-refractivity contribution in [1.82, 2.24) is 4.90 Å². The van der Waals surface area contributed by atoms with Gasteiger partial charge in [0.2, 0.25) is 0 Å². The number of carboxylic acid groups (broad SMARTS) is 1. The van der Waals surface area contributed by atoms with E-state index < -0.39 is 11.4 Å². The maximum absolute atomic E-state index is 13.2. The van der Waals surface area contributed by atoms with Crippen LogP contribution in [0, 0.1) is 5.41 Å². The van der Waals surface area contributed by atoms with Crippen molar-refractivity contribution in [3.05, 3.63) is 71.3 Å². The Labute approximate surface area is 159 Å². The highest BCUT2D eigenvalue weighted by Crippen LogP contribution is 2.32. The van der Waals surface area contributed by atoms with Gasteiger partial charge in [-0.25, -0.2) is 0 Å². The summed E-state index contributed by atoms with van der Waals surface area (Å²) in [6.45, 7) is 0.851. The number of nitrogens with zero attached hydrogens (tertiary/aromatic N) is 1. The molecule has 1 fully saturated rings. The normalized spacial score (nSPS) is 19.7. The van der Waals surface area contributed by atoms with E-state index >= 15 is 0 Å². The van der Waals surface area contributed by atoms with Crippen LogP contribution in [0.3, 0.4) is 0 Å². The quantitative estimate of drug-likeness (QED) is 0.851. The molecule has 1 N–H and O–H groups in total. The Morgan fingerprint density at radius 3 is 2.52 bits per heavy atom. The Balaban J connectivity index is 1.84. The van der Waals surface area contributed by atoms with Gasteiger partial charge in [0, 0.05) is 25.8 Å². The largest absolute Gasteiger partial charge is 0.481 e. The number of carboxylic acids is 1. The second-order valence-corrected chi connectivity index (χ2v) is 7.17. The molecule has 1 atom stereocenters. The van der Waals surface area contributed by atoms with E-state index in [2.05, 4.69) is 0 Å². The predicted molar refractivity (Wildman–Crippen MR) is 103 cm³/mol. The molecule has 5 nitrogen and oxygen atoms in total. The monoisotopic (exact) mass is 367 g/mol. The molecule has 142 valence electrons. The summed E-state index contributed by atoms with van der Waals surface area (Å²) in [5.41, 5.74) is 1.69. The molecular formula is C22H25NO4. The highest BCUT2D eigenvalue weighted by molar-refractivity contribution is 5.96. The maximum atomic E-state index is 13.2. The van der Waals surface area contributed by atoms with Crippen LogP contribution in [-0.2, 0) is 16.0 Å². The third kappa shape index (κ3) is 4.19. The highest BCUT2D eigenvalue weighted by atomic mass is 16.5. The van der Waals surface area contributed by atoms with E-state index in [0.717, 1.165) is 11.1 Å². The fourth-order valence-corrected chi connectivity index (χ4v) is 3.80. The summed E-state index contributed by atoms with van der Waals surface area (Å²) in [6, 6.07) is 17.6. The van der Waals surface area contributed by atoms with E-state index in [0.29, 0.717) is 31.4 Å². The number of hydrogen-bond donors (Lipinski definition) is 1. The number of piperidine rings is 1. The molecule has 1 heterocycles. The zero-order chi connectivity index (χ0) is 19.3. The summed E-state index contributed by atoms with van der Waals surface area (Å²) in [7, 11) is 1.50. The molecule has 3 rings (SSSR count). The van der Waals surface area contributed by atoms with Crippen LogP contribution < -0.4 is 0 Å². The molecule has 0 saturated carbocycles. The number of benzene rings is 2. The lowest BCUT2D eigenvalue weighted by molar-refractivity contribution is -0.155. The third-order valence-corrected chi connectivity index (χ3v) is 5.22. The minimum Gasteiger partial charge on any atom is -0.481 e. The van der Waals surface area contributed by atoms with Gasteiger partial charge in [0.05, 0.1) is 6.61 Å². The lowest BCUT2D eigenvalue weighted by Gasteiger charge is -2.39. The molecule has 0 radical (unpaired) electrons. The first kappa shape index (κ1) is 19.1. The van der Waals surface area contributed by atoms with Crippen LogP contribution in [0.1, 0.15) is 34.3 Å². The second-order valence-electron chi connectivity index (χ2n) is 7.17. The van der Waals surface area contributed by atoms with E-state index in [1.165, 1.54) is 7.11 Å². The van der Waals surface area contributed by atoms with Crippen molar-refractivity contribution in [1.29, 1.82) is 0 Å². The van der Waals surface area contributed by atoms with Crippen molar-refractivity contribution < 1.29 is 19.4 Å². The van der Waals surface area contributed by atoms with Gasteiger partial charge in [0.25, 0.3) is 5.91 Å². The molecule has 0 aromatic heterocycles. The van der Waals surface area contributed by atoms with Crippen LogP contribution in [0.4, 0.5) is 0 Å². The van der Waals surface area contributed by atoms with E-state index in [9.17, 15) is 14.7 Å². The summed E-state index contributed by atoms with van der Waals surface area (Å²) >= 11 is 0. The van der Waals surface area contributed by atoms with Crippen molar-refractivity contribution in [2.24, 2.45) is 5.41 Å². The molecule has 1 aliphatic rings. The van der Waals surface area contributed by atoms with Gasteiger partial charge < -0.3 is 14.7 Å². The minimum atomic E-state index is -1.03. The molecule has 0 spiro atoms. The molecule has 1 amide bonds. The van der Waals surface area contributed by atoms with Crippen molar-refractivity contribution in [3.8, 4) is 0 Å². The number of amides is 1. The zero-order valence-electron chi connectivity index (χ0n) is 15.6. The van der Waals surface area contributed by atoms with Crippen LogP contribution in [-0.4, -0.2) is 48.7 Å². The van der Waals surface area contributed by atoms with Gasteiger partial charge >= 0.3 is 5.97 Å². The Bertz CT molecular complexity index is 801. The highest BCUT2D eigenvalue weighted by Gasteiger charge is 2.44. The molecule has 5 heteroatoms. The molecular weight excluding hydrogens is 342 g/mol. The minimum absolute atomic E-state index is 0.108. The van der Waals surface area contributed by atoms with Crippen molar-refractivity contribution in [3.63, 3.8) is 0 Å². The van der Waals surface area contributed by atoms with Gasteiger partial charge in [-0.3, -0.25) is 9.59 Å². The summed E-state index contributed by atoms with van der Waals surface area (Å²) in [4.78, 5) is 26.7. The third-order valence-electron chi connectivity index (χ3n) is 5.22. The number of rotatable bonds is 6. The molecule has 27 heavy (non-hydrogen) atoms. The van der Waals surface area contributed by atoms with Crippen molar-refractivity contribution in [2.45, 2.75) is 19.3 Å². The summed E-state index contributed by atoms with van der Waals surface area (Å²) in [5, 5.41) is 9.72. The van der Waals surface area contributed by atoms with Gasteiger partial charge in [-0.1, -0.05) is 48.5 Å². The number of likely N-dealkylation sites (tertiary alicyclic amines) is 1. The van der Waals surface area contributed by atoms with Gasteiger partial charge in [-0.05, 0) is 36.5 Å².